The lowest BCUT2D eigenvalue weighted by Gasteiger charge is -2.27. The van der Waals surface area contributed by atoms with Crippen LogP contribution in [0.4, 0.5) is 10.7 Å². The quantitative estimate of drug-likeness (QED) is 0.438. The maximum atomic E-state index is 12.0. The number of rotatable bonds is 6. The van der Waals surface area contributed by atoms with E-state index in [0.29, 0.717) is 18.0 Å². The number of cyclic esters (lactones) is 1. The highest BCUT2D eigenvalue weighted by atomic mass is 16.6. The Balaban J connectivity index is 1.55. The van der Waals surface area contributed by atoms with E-state index in [0.717, 1.165) is 19.6 Å². The van der Waals surface area contributed by atoms with Crippen LogP contribution in [0.25, 0.3) is 6.08 Å². The highest BCUT2D eigenvalue weighted by Crippen LogP contribution is 2.18. The summed E-state index contributed by atoms with van der Waals surface area (Å²) in [5.74, 6) is 0.0288. The Morgan fingerprint density at radius 3 is 2.85 bits per heavy atom. The van der Waals surface area contributed by atoms with E-state index in [2.05, 4.69) is 10.0 Å². The average Bonchev–Trinajstić information content (AvgIpc) is 3.21. The van der Waals surface area contributed by atoms with Crippen LogP contribution in [0.3, 0.4) is 0 Å². The van der Waals surface area contributed by atoms with Gasteiger partial charge in [0.2, 0.25) is 0 Å². The molecule has 26 heavy (non-hydrogen) atoms. The lowest BCUT2D eigenvalue weighted by atomic mass is 10.1. The van der Waals surface area contributed by atoms with Gasteiger partial charge in [0.25, 0.3) is 0 Å². The summed E-state index contributed by atoms with van der Waals surface area (Å²) in [6, 6.07) is 2.79. The molecule has 0 saturated carbocycles. The topological polar surface area (TPSA) is 101 Å². The fourth-order valence-electron chi connectivity index (χ4n) is 3.07. The zero-order valence-corrected chi connectivity index (χ0v) is 14.7. The first-order chi connectivity index (χ1) is 12.5. The van der Waals surface area contributed by atoms with E-state index >= 15 is 0 Å². The summed E-state index contributed by atoms with van der Waals surface area (Å²) >= 11 is 0. The van der Waals surface area contributed by atoms with E-state index in [-0.39, 0.29) is 12.0 Å². The first kappa shape index (κ1) is 18.1. The molecule has 1 aromatic heterocycles. The maximum absolute atomic E-state index is 12.0. The third-order valence-electron chi connectivity index (χ3n) is 4.33. The SMILES string of the molecule is CC(/C=C\c1ccc([N+](=O)[O-])o1)=N/N1C[C@H](CN2CCCCC2)OC1=O. The zero-order chi connectivity index (χ0) is 18.5. The number of likely N-dealkylation sites (tertiary alicyclic amines) is 1. The number of carbonyl (C=O) groups excluding carboxylic acids is 1. The Kier molecular flexibility index (Phi) is 5.67. The summed E-state index contributed by atoms with van der Waals surface area (Å²) in [7, 11) is 0. The first-order valence-electron chi connectivity index (χ1n) is 8.69. The zero-order valence-electron chi connectivity index (χ0n) is 14.7. The minimum absolute atomic E-state index is 0.172. The van der Waals surface area contributed by atoms with Gasteiger partial charge >= 0.3 is 12.0 Å². The molecule has 0 N–H and O–H groups in total. The number of nitro groups is 1. The van der Waals surface area contributed by atoms with Crippen LogP contribution in [0.5, 0.6) is 0 Å². The molecule has 1 atom stereocenters. The number of hydrogen-bond acceptors (Lipinski definition) is 7. The molecule has 0 bridgehead atoms. The molecule has 0 aromatic carbocycles. The average molecular weight is 362 g/mol. The number of carbonyl (C=O) groups is 1. The van der Waals surface area contributed by atoms with E-state index in [9.17, 15) is 14.9 Å². The van der Waals surface area contributed by atoms with Gasteiger partial charge in [-0.3, -0.25) is 15.0 Å². The molecule has 140 valence electrons. The van der Waals surface area contributed by atoms with E-state index in [4.69, 9.17) is 9.15 Å². The molecule has 0 aliphatic carbocycles. The predicted octanol–water partition coefficient (Wildman–Crippen LogP) is 2.88. The Labute approximate surface area is 151 Å². The molecular formula is C17H22N4O5. The lowest BCUT2D eigenvalue weighted by Crippen LogP contribution is -2.37. The molecule has 0 unspecified atom stereocenters. The fourth-order valence-corrected chi connectivity index (χ4v) is 3.07. The van der Waals surface area contributed by atoms with Gasteiger partial charge in [0.15, 0.2) is 0 Å². The molecular weight excluding hydrogens is 340 g/mol. The molecule has 2 aliphatic rings. The van der Waals surface area contributed by atoms with E-state index in [1.54, 1.807) is 19.1 Å². The molecule has 2 saturated heterocycles. The number of furan rings is 1. The van der Waals surface area contributed by atoms with Crippen molar-refractivity contribution < 1.29 is 18.9 Å². The lowest BCUT2D eigenvalue weighted by molar-refractivity contribution is -0.402. The van der Waals surface area contributed by atoms with Gasteiger partial charge in [0.1, 0.15) is 16.8 Å². The van der Waals surface area contributed by atoms with Gasteiger partial charge in [-0.05, 0) is 51.1 Å². The number of piperidine rings is 1. The van der Waals surface area contributed by atoms with Crippen LogP contribution in [0.15, 0.2) is 27.7 Å². The Morgan fingerprint density at radius 2 is 2.15 bits per heavy atom. The van der Waals surface area contributed by atoms with Gasteiger partial charge in [0, 0.05) is 6.54 Å². The van der Waals surface area contributed by atoms with Crippen molar-refractivity contribution in [2.24, 2.45) is 5.10 Å². The molecule has 9 heteroatoms. The number of ether oxygens (including phenoxy) is 1. The molecule has 1 amide bonds. The standard InChI is InChI=1S/C17H22N4O5/c1-13(5-6-14-7-8-16(25-14)21(23)24)18-20-12-15(26-17(20)22)11-19-9-3-2-4-10-19/h5-8,15H,2-4,9-12H2,1H3/b6-5-,18-13-/t15-/m0/s1. The summed E-state index contributed by atoms with van der Waals surface area (Å²) < 4.78 is 10.4. The van der Waals surface area contributed by atoms with Crippen molar-refractivity contribution in [1.82, 2.24) is 9.91 Å². The maximum Gasteiger partial charge on any atom is 0.433 e. The van der Waals surface area contributed by atoms with Crippen molar-refractivity contribution in [2.45, 2.75) is 32.3 Å². The van der Waals surface area contributed by atoms with Crippen LogP contribution in [0.1, 0.15) is 31.9 Å². The third-order valence-corrected chi connectivity index (χ3v) is 4.33. The van der Waals surface area contributed by atoms with Crippen LogP contribution >= 0.6 is 0 Å². The molecule has 0 radical (unpaired) electrons. The second-order valence-corrected chi connectivity index (χ2v) is 6.46. The van der Waals surface area contributed by atoms with Crippen molar-refractivity contribution in [3.63, 3.8) is 0 Å². The smallest absolute Gasteiger partial charge is 0.433 e. The molecule has 9 nitrogen and oxygen atoms in total. The highest BCUT2D eigenvalue weighted by Gasteiger charge is 2.32. The monoisotopic (exact) mass is 362 g/mol. The molecule has 2 aliphatic heterocycles. The van der Waals surface area contributed by atoms with Gasteiger partial charge in [-0.1, -0.05) is 6.42 Å². The molecule has 0 spiro atoms. The first-order valence-corrected chi connectivity index (χ1v) is 8.69. The second-order valence-electron chi connectivity index (χ2n) is 6.46. The summed E-state index contributed by atoms with van der Waals surface area (Å²) in [6.07, 6.45) is 6.23. The van der Waals surface area contributed by atoms with Crippen molar-refractivity contribution in [1.29, 1.82) is 0 Å². The molecule has 3 rings (SSSR count). The summed E-state index contributed by atoms with van der Waals surface area (Å²) in [6.45, 7) is 5.00. The molecule has 3 heterocycles. The number of hydrogen-bond donors (Lipinski definition) is 0. The summed E-state index contributed by atoms with van der Waals surface area (Å²) in [4.78, 5) is 24.3. The van der Waals surface area contributed by atoms with Crippen molar-refractivity contribution in [2.75, 3.05) is 26.2 Å². The van der Waals surface area contributed by atoms with Crippen molar-refractivity contribution in [3.8, 4) is 0 Å². The number of allylic oxidation sites excluding steroid dienone is 1. The summed E-state index contributed by atoms with van der Waals surface area (Å²) in [5.41, 5.74) is 0.569. The van der Waals surface area contributed by atoms with E-state index in [1.165, 1.54) is 36.4 Å². The van der Waals surface area contributed by atoms with Gasteiger partial charge in [-0.2, -0.15) is 10.1 Å². The molecule has 2 fully saturated rings. The Morgan fingerprint density at radius 1 is 1.38 bits per heavy atom. The fraction of sp³-hybridized carbons (Fsp3) is 0.529. The van der Waals surface area contributed by atoms with Crippen LogP contribution in [-0.2, 0) is 4.74 Å². The Bertz CT molecular complexity index is 720. The van der Waals surface area contributed by atoms with Gasteiger partial charge < -0.3 is 9.15 Å². The Hall–Kier alpha value is -2.68. The minimum atomic E-state index is -0.596. The third kappa shape index (κ3) is 4.69. The van der Waals surface area contributed by atoms with Crippen LogP contribution < -0.4 is 0 Å². The van der Waals surface area contributed by atoms with E-state index in [1.807, 2.05) is 0 Å². The number of nitrogens with zero attached hydrogens (tertiary/aromatic N) is 4. The largest absolute Gasteiger partial charge is 0.441 e. The predicted molar refractivity (Wildman–Crippen MR) is 94.8 cm³/mol. The minimum Gasteiger partial charge on any atom is -0.441 e. The van der Waals surface area contributed by atoms with Gasteiger partial charge in [-0.15, -0.1) is 0 Å². The number of hydrazone groups is 1. The summed E-state index contributed by atoms with van der Waals surface area (Å²) in [5, 5.41) is 16.2. The van der Waals surface area contributed by atoms with Gasteiger partial charge in [0.05, 0.1) is 18.3 Å². The van der Waals surface area contributed by atoms with Crippen LogP contribution in [0.2, 0.25) is 0 Å². The van der Waals surface area contributed by atoms with Gasteiger partial charge in [-0.25, -0.2) is 4.79 Å². The normalized spacial score (nSPS) is 22.2. The highest BCUT2D eigenvalue weighted by molar-refractivity contribution is 5.96. The second kappa shape index (κ2) is 8.13. The van der Waals surface area contributed by atoms with Crippen LogP contribution in [-0.4, -0.2) is 58.9 Å². The van der Waals surface area contributed by atoms with Crippen molar-refractivity contribution in [3.05, 3.63) is 34.1 Å². The van der Waals surface area contributed by atoms with Crippen LogP contribution in [0, 0.1) is 10.1 Å². The van der Waals surface area contributed by atoms with E-state index < -0.39 is 11.0 Å². The molecule has 1 aromatic rings. The van der Waals surface area contributed by atoms with Crippen molar-refractivity contribution >= 4 is 23.8 Å². The number of amides is 1.